The molecule has 0 saturated heterocycles. The molecule has 0 aromatic carbocycles. The molecule has 0 amide bonds. The third-order valence-electron chi connectivity index (χ3n) is 2.73. The van der Waals surface area contributed by atoms with Gasteiger partial charge in [-0.15, -0.1) is 0 Å². The fourth-order valence-electron chi connectivity index (χ4n) is 1.76. The highest BCUT2D eigenvalue weighted by Gasteiger charge is 2.21. The topological polar surface area (TPSA) is 90.0 Å². The molecule has 110 valence electrons. The summed E-state index contributed by atoms with van der Waals surface area (Å²) in [4.78, 5) is 3.78. The molecule has 1 rings (SSSR count). The quantitative estimate of drug-likeness (QED) is 0.669. The summed E-state index contributed by atoms with van der Waals surface area (Å²) in [6.45, 7) is 0.437. The zero-order valence-electron chi connectivity index (χ0n) is 11.4. The van der Waals surface area contributed by atoms with E-state index in [1.165, 1.54) is 17.3 Å². The van der Waals surface area contributed by atoms with Crippen molar-refractivity contribution in [2.45, 2.75) is 30.7 Å². The number of unbranched alkanes of at least 4 members (excludes halogenated alkanes) is 3. The minimum Gasteiger partial charge on any atom is -0.381 e. The number of imidazole rings is 1. The van der Waals surface area contributed by atoms with Gasteiger partial charge in [-0.25, -0.2) is 18.1 Å². The molecule has 0 bridgehead atoms. The molecular formula is C11H22N4O2S2. The van der Waals surface area contributed by atoms with Crippen molar-refractivity contribution in [3.63, 3.8) is 0 Å². The van der Waals surface area contributed by atoms with Crippen LogP contribution in [0, 0.1) is 0 Å². The minimum absolute atomic E-state index is 0.0369. The van der Waals surface area contributed by atoms with Crippen LogP contribution >= 0.6 is 11.8 Å². The summed E-state index contributed by atoms with van der Waals surface area (Å²) in [7, 11) is -1.94. The van der Waals surface area contributed by atoms with Gasteiger partial charge in [0.25, 0.3) is 10.0 Å². The van der Waals surface area contributed by atoms with Gasteiger partial charge in [-0.05, 0) is 24.9 Å². The number of nitrogen functional groups attached to an aromatic ring is 1. The SMILES string of the molecule is CSCCCCCCNS(=O)(=O)c1c(N)ncn1C. The Kier molecular flexibility index (Phi) is 6.67. The Morgan fingerprint density at radius 1 is 1.37 bits per heavy atom. The van der Waals surface area contributed by atoms with E-state index in [9.17, 15) is 8.42 Å². The van der Waals surface area contributed by atoms with Crippen LogP contribution in [0.5, 0.6) is 0 Å². The van der Waals surface area contributed by atoms with Crippen LogP contribution in [-0.4, -0.2) is 36.5 Å². The van der Waals surface area contributed by atoms with Crippen molar-refractivity contribution in [1.29, 1.82) is 0 Å². The number of nitrogens with two attached hydrogens (primary N) is 1. The fraction of sp³-hybridized carbons (Fsp3) is 0.727. The smallest absolute Gasteiger partial charge is 0.260 e. The normalized spacial score (nSPS) is 11.9. The number of hydrogen-bond donors (Lipinski definition) is 2. The highest BCUT2D eigenvalue weighted by molar-refractivity contribution is 7.98. The second-order valence-electron chi connectivity index (χ2n) is 4.35. The molecule has 3 N–H and O–H groups in total. The van der Waals surface area contributed by atoms with E-state index in [4.69, 9.17) is 5.73 Å². The van der Waals surface area contributed by atoms with Gasteiger partial charge in [0.15, 0.2) is 10.8 Å². The van der Waals surface area contributed by atoms with Crippen molar-refractivity contribution < 1.29 is 8.42 Å². The predicted octanol–water partition coefficient (Wildman–Crippen LogP) is 1.20. The number of anilines is 1. The number of aromatic nitrogens is 2. The van der Waals surface area contributed by atoms with Gasteiger partial charge in [-0.3, -0.25) is 0 Å². The van der Waals surface area contributed by atoms with Crippen molar-refractivity contribution >= 4 is 27.6 Å². The van der Waals surface area contributed by atoms with Crippen molar-refractivity contribution in [3.8, 4) is 0 Å². The highest BCUT2D eigenvalue weighted by Crippen LogP contribution is 2.15. The number of aryl methyl sites for hydroxylation is 1. The summed E-state index contributed by atoms with van der Waals surface area (Å²) in [5.74, 6) is 1.20. The molecule has 0 aliphatic heterocycles. The highest BCUT2D eigenvalue weighted by atomic mass is 32.2. The number of nitrogens with zero attached hydrogens (tertiary/aromatic N) is 2. The number of hydrogen-bond acceptors (Lipinski definition) is 5. The molecule has 6 nitrogen and oxygen atoms in total. The maximum atomic E-state index is 12.0. The molecule has 1 aromatic rings. The molecule has 0 spiro atoms. The van der Waals surface area contributed by atoms with Crippen LogP contribution in [0.2, 0.25) is 0 Å². The first-order chi connectivity index (χ1) is 8.99. The third kappa shape index (κ3) is 5.04. The van der Waals surface area contributed by atoms with E-state index >= 15 is 0 Å². The van der Waals surface area contributed by atoms with Gasteiger partial charge in [0.1, 0.15) is 0 Å². The zero-order valence-corrected chi connectivity index (χ0v) is 13.1. The standard InChI is InChI=1S/C11H22N4O2S2/c1-15-9-13-10(12)11(15)19(16,17)14-7-5-3-4-6-8-18-2/h9,14H,3-8,12H2,1-2H3. The van der Waals surface area contributed by atoms with Crippen LogP contribution in [0.1, 0.15) is 25.7 Å². The Balaban J connectivity index is 2.36. The molecule has 0 atom stereocenters. The number of rotatable bonds is 9. The number of thioether (sulfide) groups is 1. The summed E-state index contributed by atoms with van der Waals surface area (Å²) >= 11 is 1.84. The van der Waals surface area contributed by atoms with Gasteiger partial charge in [0, 0.05) is 13.6 Å². The van der Waals surface area contributed by atoms with E-state index in [2.05, 4.69) is 16.0 Å². The Morgan fingerprint density at radius 3 is 2.63 bits per heavy atom. The van der Waals surface area contributed by atoms with Gasteiger partial charge in [-0.2, -0.15) is 11.8 Å². The first-order valence-electron chi connectivity index (χ1n) is 6.24. The molecule has 0 radical (unpaired) electrons. The van der Waals surface area contributed by atoms with E-state index in [1.54, 1.807) is 7.05 Å². The van der Waals surface area contributed by atoms with Gasteiger partial charge in [0.05, 0.1) is 6.33 Å². The van der Waals surface area contributed by atoms with Crippen molar-refractivity contribution in [3.05, 3.63) is 6.33 Å². The first-order valence-corrected chi connectivity index (χ1v) is 9.12. The second kappa shape index (κ2) is 7.76. The van der Waals surface area contributed by atoms with Crippen molar-refractivity contribution in [1.82, 2.24) is 14.3 Å². The molecule has 0 fully saturated rings. The van der Waals surface area contributed by atoms with Crippen LogP contribution in [0.15, 0.2) is 11.4 Å². The summed E-state index contributed by atoms with van der Waals surface area (Å²) < 4.78 is 28.0. The van der Waals surface area contributed by atoms with E-state index in [0.717, 1.165) is 25.0 Å². The number of nitrogens with one attached hydrogen (secondary N) is 1. The molecule has 0 unspecified atom stereocenters. The lowest BCUT2D eigenvalue weighted by Crippen LogP contribution is -2.27. The van der Waals surface area contributed by atoms with Crippen LogP contribution in [0.25, 0.3) is 0 Å². The molecule has 0 aliphatic rings. The van der Waals surface area contributed by atoms with Crippen molar-refractivity contribution in [2.24, 2.45) is 7.05 Å². The molecule has 1 heterocycles. The van der Waals surface area contributed by atoms with Gasteiger partial charge < -0.3 is 10.3 Å². The zero-order chi connectivity index (χ0) is 14.3. The minimum atomic E-state index is -3.55. The molecule has 0 aliphatic carbocycles. The maximum absolute atomic E-state index is 12.0. The van der Waals surface area contributed by atoms with E-state index < -0.39 is 10.0 Å². The molecule has 0 saturated carbocycles. The summed E-state index contributed by atoms with van der Waals surface area (Å²) in [6, 6.07) is 0. The summed E-state index contributed by atoms with van der Waals surface area (Å²) in [5.41, 5.74) is 5.56. The number of sulfonamides is 1. The molecule has 8 heteroatoms. The third-order valence-corrected chi connectivity index (χ3v) is 5.02. The van der Waals surface area contributed by atoms with Crippen LogP contribution < -0.4 is 10.5 Å². The average molecular weight is 306 g/mol. The van der Waals surface area contributed by atoms with E-state index in [0.29, 0.717) is 6.54 Å². The molecule has 19 heavy (non-hydrogen) atoms. The predicted molar refractivity (Wildman–Crippen MR) is 79.7 cm³/mol. The largest absolute Gasteiger partial charge is 0.381 e. The Bertz CT molecular complexity index is 465. The van der Waals surface area contributed by atoms with E-state index in [-0.39, 0.29) is 10.8 Å². The molecule has 1 aromatic heterocycles. The lowest BCUT2D eigenvalue weighted by molar-refractivity contribution is 0.565. The van der Waals surface area contributed by atoms with Gasteiger partial charge >= 0.3 is 0 Å². The van der Waals surface area contributed by atoms with Gasteiger partial charge in [-0.1, -0.05) is 12.8 Å². The summed E-state index contributed by atoms with van der Waals surface area (Å²) in [6.07, 6.45) is 7.67. The van der Waals surface area contributed by atoms with Gasteiger partial charge in [0.2, 0.25) is 0 Å². The average Bonchev–Trinajstić information content (AvgIpc) is 2.68. The molecular weight excluding hydrogens is 284 g/mol. The maximum Gasteiger partial charge on any atom is 0.260 e. The summed E-state index contributed by atoms with van der Waals surface area (Å²) in [5, 5.41) is 0.0369. The second-order valence-corrected chi connectivity index (χ2v) is 7.02. The monoisotopic (exact) mass is 306 g/mol. The Morgan fingerprint density at radius 2 is 2.05 bits per heavy atom. The lowest BCUT2D eigenvalue weighted by Gasteiger charge is -2.07. The van der Waals surface area contributed by atoms with Crippen LogP contribution in [-0.2, 0) is 17.1 Å². The van der Waals surface area contributed by atoms with Crippen LogP contribution in [0.3, 0.4) is 0 Å². The fourth-order valence-corrected chi connectivity index (χ4v) is 3.56. The Labute approximate surface area is 119 Å². The lowest BCUT2D eigenvalue weighted by atomic mass is 10.2. The Hall–Kier alpha value is -0.730. The first kappa shape index (κ1) is 16.3. The van der Waals surface area contributed by atoms with Crippen LogP contribution in [0.4, 0.5) is 5.82 Å². The van der Waals surface area contributed by atoms with E-state index in [1.807, 2.05) is 11.8 Å². The van der Waals surface area contributed by atoms with Crippen molar-refractivity contribution in [2.75, 3.05) is 24.3 Å².